The quantitative estimate of drug-likeness (QED) is 0.780. The maximum Gasteiger partial charge on any atom is 0.277 e. The van der Waals surface area contributed by atoms with Gasteiger partial charge in [0, 0.05) is 17.7 Å². The van der Waals surface area contributed by atoms with Gasteiger partial charge in [0.15, 0.2) is 17.2 Å². The molecule has 108 valence electrons. The summed E-state index contributed by atoms with van der Waals surface area (Å²) >= 11 is 0. The van der Waals surface area contributed by atoms with Gasteiger partial charge >= 0.3 is 0 Å². The van der Waals surface area contributed by atoms with Gasteiger partial charge in [0.25, 0.3) is 5.91 Å². The zero-order chi connectivity index (χ0) is 15.0. The standard InChI is InChI=1S/C14H15N5O2/c1-14(2,3)10-7-11(18-21-10)17-13(20)9-8-15-12-5-4-6-16-19(9)12/h4-8H,1-3H3,(H,17,18,20). The molecule has 0 unspecified atom stereocenters. The summed E-state index contributed by atoms with van der Waals surface area (Å²) in [5, 5.41) is 10.6. The minimum Gasteiger partial charge on any atom is -0.359 e. The molecule has 7 heteroatoms. The van der Waals surface area contributed by atoms with E-state index in [0.29, 0.717) is 22.9 Å². The van der Waals surface area contributed by atoms with E-state index in [1.807, 2.05) is 20.8 Å². The van der Waals surface area contributed by atoms with Crippen LogP contribution in [0.4, 0.5) is 5.82 Å². The number of nitrogens with one attached hydrogen (secondary N) is 1. The molecule has 1 amide bonds. The monoisotopic (exact) mass is 285 g/mol. The third-order valence-corrected chi connectivity index (χ3v) is 3.00. The first-order valence-corrected chi connectivity index (χ1v) is 6.52. The van der Waals surface area contributed by atoms with Crippen LogP contribution < -0.4 is 5.32 Å². The Morgan fingerprint density at radius 2 is 2.19 bits per heavy atom. The molecule has 0 saturated heterocycles. The number of nitrogens with zero attached hydrogens (tertiary/aromatic N) is 4. The second kappa shape index (κ2) is 4.69. The Balaban J connectivity index is 1.85. The highest BCUT2D eigenvalue weighted by Crippen LogP contribution is 2.24. The second-order valence-electron chi connectivity index (χ2n) is 5.72. The number of carbonyl (C=O) groups is 1. The van der Waals surface area contributed by atoms with Gasteiger partial charge in [0.05, 0.1) is 6.20 Å². The molecule has 0 aliphatic carbocycles. The molecule has 7 nitrogen and oxygen atoms in total. The highest BCUT2D eigenvalue weighted by molar-refractivity contribution is 6.02. The predicted molar refractivity (Wildman–Crippen MR) is 76.1 cm³/mol. The topological polar surface area (TPSA) is 85.3 Å². The summed E-state index contributed by atoms with van der Waals surface area (Å²) in [6, 6.07) is 5.25. The molecule has 3 aromatic rings. The summed E-state index contributed by atoms with van der Waals surface area (Å²) in [6.45, 7) is 6.02. The molecule has 0 spiro atoms. The fraction of sp³-hybridized carbons (Fsp3) is 0.286. The van der Waals surface area contributed by atoms with Gasteiger partial charge in [-0.25, -0.2) is 9.50 Å². The lowest BCUT2D eigenvalue weighted by atomic mass is 9.93. The molecule has 0 aliphatic heterocycles. The van der Waals surface area contributed by atoms with E-state index in [0.717, 1.165) is 0 Å². The Kier molecular flexibility index (Phi) is 2.97. The smallest absolute Gasteiger partial charge is 0.277 e. The fourth-order valence-electron chi connectivity index (χ4n) is 1.85. The van der Waals surface area contributed by atoms with E-state index in [9.17, 15) is 4.79 Å². The normalized spacial score (nSPS) is 11.8. The number of carbonyl (C=O) groups excluding carboxylic acids is 1. The van der Waals surface area contributed by atoms with Crippen LogP contribution >= 0.6 is 0 Å². The van der Waals surface area contributed by atoms with Crippen LogP contribution in [0.15, 0.2) is 35.1 Å². The van der Waals surface area contributed by atoms with Crippen LogP contribution in [0.5, 0.6) is 0 Å². The molecule has 0 aromatic carbocycles. The molecule has 3 heterocycles. The molecule has 0 saturated carbocycles. The maximum atomic E-state index is 12.3. The van der Waals surface area contributed by atoms with E-state index in [4.69, 9.17) is 4.52 Å². The molecular weight excluding hydrogens is 270 g/mol. The van der Waals surface area contributed by atoms with Gasteiger partial charge in [-0.05, 0) is 12.1 Å². The largest absolute Gasteiger partial charge is 0.359 e. The van der Waals surface area contributed by atoms with Gasteiger partial charge in [-0.15, -0.1) is 0 Å². The molecule has 1 N–H and O–H groups in total. The van der Waals surface area contributed by atoms with Crippen molar-refractivity contribution in [3.05, 3.63) is 42.0 Å². The first-order valence-electron chi connectivity index (χ1n) is 6.52. The Hall–Kier alpha value is -2.70. The molecule has 0 aliphatic rings. The van der Waals surface area contributed by atoms with Crippen LogP contribution in [0.1, 0.15) is 37.0 Å². The van der Waals surface area contributed by atoms with Crippen LogP contribution in [0.3, 0.4) is 0 Å². The molecule has 0 fully saturated rings. The molecule has 3 rings (SSSR count). The number of anilines is 1. The highest BCUT2D eigenvalue weighted by Gasteiger charge is 2.21. The number of fused-ring (bicyclic) bond motifs is 1. The van der Waals surface area contributed by atoms with Gasteiger partial charge in [0.2, 0.25) is 0 Å². The van der Waals surface area contributed by atoms with Gasteiger partial charge in [-0.2, -0.15) is 5.10 Å². The molecule has 3 aromatic heterocycles. The van der Waals surface area contributed by atoms with Crippen molar-refractivity contribution < 1.29 is 9.32 Å². The minimum atomic E-state index is -0.338. The molecular formula is C14H15N5O2. The SMILES string of the molecule is CC(C)(C)c1cc(NC(=O)c2cnc3cccnn23)no1. The fourth-order valence-corrected chi connectivity index (χ4v) is 1.85. The third kappa shape index (κ3) is 2.49. The molecule has 0 radical (unpaired) electrons. The first kappa shape index (κ1) is 13.3. The molecule has 21 heavy (non-hydrogen) atoms. The number of imidazole rings is 1. The lowest BCUT2D eigenvalue weighted by Gasteiger charge is -2.11. The number of hydrogen-bond donors (Lipinski definition) is 1. The summed E-state index contributed by atoms with van der Waals surface area (Å²) in [5.41, 5.74) is 0.782. The van der Waals surface area contributed by atoms with Crippen molar-refractivity contribution in [1.82, 2.24) is 19.8 Å². The predicted octanol–water partition coefficient (Wildman–Crippen LogP) is 2.27. The average molecular weight is 285 g/mol. The number of aromatic nitrogens is 4. The Morgan fingerprint density at radius 1 is 1.38 bits per heavy atom. The first-order chi connectivity index (χ1) is 9.95. The van der Waals surface area contributed by atoms with Crippen molar-refractivity contribution in [3.8, 4) is 0 Å². The summed E-state index contributed by atoms with van der Waals surface area (Å²) < 4.78 is 6.70. The molecule has 0 bridgehead atoms. The Morgan fingerprint density at radius 3 is 2.90 bits per heavy atom. The van der Waals surface area contributed by atoms with Gasteiger partial charge in [0.1, 0.15) is 5.76 Å². The number of hydrogen-bond acceptors (Lipinski definition) is 5. The van der Waals surface area contributed by atoms with E-state index in [1.54, 1.807) is 24.4 Å². The van der Waals surface area contributed by atoms with Gasteiger partial charge < -0.3 is 9.84 Å². The Labute approximate surface area is 121 Å². The van der Waals surface area contributed by atoms with Crippen molar-refractivity contribution in [2.45, 2.75) is 26.2 Å². The maximum absolute atomic E-state index is 12.3. The summed E-state index contributed by atoms with van der Waals surface area (Å²) in [4.78, 5) is 16.4. The van der Waals surface area contributed by atoms with Crippen LogP contribution in [0.2, 0.25) is 0 Å². The summed E-state index contributed by atoms with van der Waals surface area (Å²) in [7, 11) is 0. The van der Waals surface area contributed by atoms with Crippen LogP contribution in [-0.4, -0.2) is 25.7 Å². The van der Waals surface area contributed by atoms with Crippen LogP contribution in [-0.2, 0) is 5.41 Å². The third-order valence-electron chi connectivity index (χ3n) is 3.00. The van der Waals surface area contributed by atoms with Crippen molar-refractivity contribution >= 4 is 17.4 Å². The van der Waals surface area contributed by atoms with Crippen molar-refractivity contribution in [1.29, 1.82) is 0 Å². The van der Waals surface area contributed by atoms with Gasteiger partial charge in [-0.3, -0.25) is 4.79 Å². The zero-order valence-electron chi connectivity index (χ0n) is 12.0. The van der Waals surface area contributed by atoms with Gasteiger partial charge in [-0.1, -0.05) is 25.9 Å². The summed E-state index contributed by atoms with van der Waals surface area (Å²) in [6.07, 6.45) is 3.07. The lowest BCUT2D eigenvalue weighted by Crippen LogP contribution is -2.15. The zero-order valence-corrected chi connectivity index (χ0v) is 12.0. The second-order valence-corrected chi connectivity index (χ2v) is 5.72. The van der Waals surface area contributed by atoms with E-state index >= 15 is 0 Å². The van der Waals surface area contributed by atoms with Crippen molar-refractivity contribution in [2.24, 2.45) is 0 Å². The number of rotatable bonds is 2. The van der Waals surface area contributed by atoms with Crippen LogP contribution in [0, 0.1) is 0 Å². The minimum absolute atomic E-state index is 0.166. The lowest BCUT2D eigenvalue weighted by molar-refractivity contribution is 0.101. The highest BCUT2D eigenvalue weighted by atomic mass is 16.5. The van der Waals surface area contributed by atoms with E-state index < -0.39 is 0 Å². The average Bonchev–Trinajstić information content (AvgIpc) is 3.03. The van der Waals surface area contributed by atoms with Crippen molar-refractivity contribution in [3.63, 3.8) is 0 Å². The van der Waals surface area contributed by atoms with E-state index in [-0.39, 0.29) is 11.3 Å². The summed E-state index contributed by atoms with van der Waals surface area (Å²) in [5.74, 6) is 0.736. The number of amides is 1. The van der Waals surface area contributed by atoms with Crippen LogP contribution in [0.25, 0.3) is 5.65 Å². The van der Waals surface area contributed by atoms with E-state index in [2.05, 4.69) is 20.6 Å². The Bertz CT molecular complexity index is 797. The van der Waals surface area contributed by atoms with E-state index in [1.165, 1.54) is 10.7 Å². The molecule has 0 atom stereocenters. The van der Waals surface area contributed by atoms with Crippen molar-refractivity contribution in [2.75, 3.05) is 5.32 Å².